The van der Waals surface area contributed by atoms with Crippen LogP contribution in [-0.4, -0.2) is 34.9 Å². The van der Waals surface area contributed by atoms with Crippen molar-refractivity contribution in [2.45, 2.75) is 38.8 Å². The topological polar surface area (TPSA) is 99.6 Å². The Morgan fingerprint density at radius 3 is 2.85 bits per heavy atom. The van der Waals surface area contributed by atoms with Crippen LogP contribution in [0.2, 0.25) is 0 Å². The highest BCUT2D eigenvalue weighted by atomic mass is 127. The van der Waals surface area contributed by atoms with Gasteiger partial charge in [0.2, 0.25) is 0 Å². The molecule has 142 valence electrons. The summed E-state index contributed by atoms with van der Waals surface area (Å²) in [6.45, 7) is 1.34. The molecule has 0 amide bonds. The van der Waals surface area contributed by atoms with Crippen LogP contribution >= 0.6 is 24.0 Å². The van der Waals surface area contributed by atoms with E-state index in [1.165, 1.54) is 12.8 Å². The number of aromatic nitrogens is 3. The second-order valence-corrected chi connectivity index (χ2v) is 5.89. The van der Waals surface area contributed by atoms with Gasteiger partial charge < -0.3 is 25.1 Å². The first kappa shape index (κ1) is 20.3. The van der Waals surface area contributed by atoms with Gasteiger partial charge in [-0.3, -0.25) is 0 Å². The number of hydrogen-bond donors (Lipinski definition) is 2. The van der Waals surface area contributed by atoms with Crippen LogP contribution in [0.25, 0.3) is 0 Å². The van der Waals surface area contributed by atoms with Crippen LogP contribution in [0.3, 0.4) is 0 Å². The molecule has 0 bridgehead atoms. The lowest BCUT2D eigenvalue weighted by atomic mass is 10.2. The lowest BCUT2D eigenvalue weighted by Gasteiger charge is -2.12. The molecule has 0 saturated carbocycles. The number of methoxy groups -OCH3 is 2. The van der Waals surface area contributed by atoms with Gasteiger partial charge in [-0.15, -0.1) is 34.2 Å². The van der Waals surface area contributed by atoms with Gasteiger partial charge in [0.05, 0.1) is 19.9 Å². The molecular weight excluding hydrogens is 447 g/mol. The molecule has 2 aromatic rings. The number of halogens is 1. The molecule has 1 aliphatic rings. The molecule has 0 fully saturated rings. The van der Waals surface area contributed by atoms with Gasteiger partial charge in [0.15, 0.2) is 11.8 Å². The largest absolute Gasteiger partial charge is 0.497 e. The van der Waals surface area contributed by atoms with Crippen LogP contribution in [0.15, 0.2) is 23.2 Å². The maximum atomic E-state index is 6.03. The molecule has 1 aromatic heterocycles. The lowest BCUT2D eigenvalue weighted by molar-refractivity contribution is 0.405. The first-order valence-corrected chi connectivity index (χ1v) is 8.41. The van der Waals surface area contributed by atoms with Crippen LogP contribution < -0.4 is 20.5 Å². The molecule has 2 heterocycles. The van der Waals surface area contributed by atoms with Gasteiger partial charge in [-0.2, -0.15) is 0 Å². The zero-order valence-corrected chi connectivity index (χ0v) is 17.4. The summed E-state index contributed by atoms with van der Waals surface area (Å²) in [4.78, 5) is 4.40. The van der Waals surface area contributed by atoms with Gasteiger partial charge in [-0.25, -0.2) is 4.99 Å². The highest BCUT2D eigenvalue weighted by molar-refractivity contribution is 14.0. The number of aryl methyl sites for hydroxylation is 1. The van der Waals surface area contributed by atoms with Crippen LogP contribution in [-0.2, 0) is 19.5 Å². The summed E-state index contributed by atoms with van der Waals surface area (Å²) in [6, 6.07) is 5.44. The molecule has 3 rings (SSSR count). The first-order valence-electron chi connectivity index (χ1n) is 8.41. The van der Waals surface area contributed by atoms with Crippen molar-refractivity contribution in [2.75, 3.05) is 19.5 Å². The summed E-state index contributed by atoms with van der Waals surface area (Å²) in [5.41, 5.74) is 6.73. The monoisotopic (exact) mass is 472 g/mol. The third-order valence-electron chi connectivity index (χ3n) is 4.25. The van der Waals surface area contributed by atoms with Gasteiger partial charge >= 0.3 is 0 Å². The second-order valence-electron chi connectivity index (χ2n) is 5.89. The van der Waals surface area contributed by atoms with Crippen molar-refractivity contribution in [3.63, 3.8) is 0 Å². The predicted octanol–water partition coefficient (Wildman–Crippen LogP) is 2.57. The molecule has 1 aromatic carbocycles. The predicted molar refractivity (Wildman–Crippen MR) is 111 cm³/mol. The smallest absolute Gasteiger partial charge is 0.193 e. The third kappa shape index (κ3) is 4.77. The Morgan fingerprint density at radius 1 is 1.23 bits per heavy atom. The van der Waals surface area contributed by atoms with E-state index in [1.54, 1.807) is 14.2 Å². The van der Waals surface area contributed by atoms with E-state index in [4.69, 9.17) is 15.2 Å². The Labute approximate surface area is 170 Å². The van der Waals surface area contributed by atoms with Crippen molar-refractivity contribution in [1.82, 2.24) is 14.8 Å². The number of hydrogen-bond acceptors (Lipinski definition) is 5. The average Bonchev–Trinajstić information content (AvgIpc) is 2.86. The van der Waals surface area contributed by atoms with E-state index in [0.29, 0.717) is 23.7 Å². The number of guanidine groups is 1. The minimum atomic E-state index is 0. The second kappa shape index (κ2) is 9.60. The van der Waals surface area contributed by atoms with Crippen LogP contribution in [0.5, 0.6) is 11.5 Å². The summed E-state index contributed by atoms with van der Waals surface area (Å²) in [5.74, 6) is 3.55. The number of ether oxygens (including phenoxy) is 2. The van der Waals surface area contributed by atoms with Crippen LogP contribution in [0.1, 0.15) is 30.9 Å². The molecule has 3 N–H and O–H groups in total. The number of nitrogens with two attached hydrogens (primary N) is 1. The summed E-state index contributed by atoms with van der Waals surface area (Å²) in [6.07, 6.45) is 4.52. The quantitative estimate of drug-likeness (QED) is 0.394. The molecule has 26 heavy (non-hydrogen) atoms. The Balaban J connectivity index is 0.00000243. The van der Waals surface area contributed by atoms with E-state index in [1.807, 2.05) is 18.2 Å². The fourth-order valence-corrected chi connectivity index (χ4v) is 2.91. The van der Waals surface area contributed by atoms with Crippen LogP contribution in [0.4, 0.5) is 5.69 Å². The summed E-state index contributed by atoms with van der Waals surface area (Å²) >= 11 is 0. The molecule has 8 nitrogen and oxygen atoms in total. The van der Waals surface area contributed by atoms with E-state index < -0.39 is 0 Å². The van der Waals surface area contributed by atoms with Crippen molar-refractivity contribution in [1.29, 1.82) is 0 Å². The molecule has 0 saturated heterocycles. The standard InChI is InChI=1S/C17H24N6O2.HI/c1-24-12-7-8-14(25-2)13(10-12)20-17(18)19-11-16-22-21-15-6-4-3-5-9-23(15)16;/h7-8,10H,3-6,9,11H2,1-2H3,(H3,18,19,20);1H. The van der Waals surface area contributed by atoms with Gasteiger partial charge in [0, 0.05) is 19.0 Å². The normalized spacial score (nSPS) is 14.0. The third-order valence-corrected chi connectivity index (χ3v) is 4.25. The maximum absolute atomic E-state index is 6.03. The fourth-order valence-electron chi connectivity index (χ4n) is 2.91. The number of rotatable bonds is 5. The van der Waals surface area contributed by atoms with E-state index in [-0.39, 0.29) is 29.9 Å². The number of anilines is 1. The molecule has 0 radical (unpaired) electrons. The molecule has 9 heteroatoms. The summed E-state index contributed by atoms with van der Waals surface area (Å²) in [5, 5.41) is 11.6. The summed E-state index contributed by atoms with van der Waals surface area (Å²) in [7, 11) is 3.21. The Hall–Kier alpha value is -2.04. The molecular formula is C17H25IN6O2. The van der Waals surface area contributed by atoms with E-state index in [0.717, 1.165) is 31.0 Å². The molecule has 0 unspecified atom stereocenters. The fraction of sp³-hybridized carbons (Fsp3) is 0.471. The molecule has 0 spiro atoms. The minimum absolute atomic E-state index is 0. The van der Waals surface area contributed by atoms with Gasteiger partial charge in [-0.05, 0) is 25.0 Å². The van der Waals surface area contributed by atoms with E-state index in [2.05, 4.69) is 25.1 Å². The number of nitrogens with zero attached hydrogens (tertiary/aromatic N) is 4. The van der Waals surface area contributed by atoms with Crippen molar-refractivity contribution < 1.29 is 9.47 Å². The average molecular weight is 472 g/mol. The summed E-state index contributed by atoms with van der Waals surface area (Å²) < 4.78 is 12.7. The molecule has 0 aliphatic carbocycles. The van der Waals surface area contributed by atoms with Crippen molar-refractivity contribution in [2.24, 2.45) is 10.7 Å². The van der Waals surface area contributed by atoms with Gasteiger partial charge in [0.25, 0.3) is 0 Å². The van der Waals surface area contributed by atoms with Gasteiger partial charge in [0.1, 0.15) is 23.9 Å². The molecule has 0 atom stereocenters. The first-order chi connectivity index (χ1) is 12.2. The van der Waals surface area contributed by atoms with Crippen LogP contribution in [0, 0.1) is 0 Å². The lowest BCUT2D eigenvalue weighted by Crippen LogP contribution is -2.23. The number of aliphatic imine (C=N–C) groups is 1. The van der Waals surface area contributed by atoms with Crippen molar-refractivity contribution in [3.05, 3.63) is 29.8 Å². The highest BCUT2D eigenvalue weighted by Gasteiger charge is 2.14. The van der Waals surface area contributed by atoms with E-state index in [9.17, 15) is 0 Å². The van der Waals surface area contributed by atoms with Crippen molar-refractivity contribution >= 4 is 35.6 Å². The zero-order valence-electron chi connectivity index (χ0n) is 15.1. The van der Waals surface area contributed by atoms with Crippen molar-refractivity contribution in [3.8, 4) is 11.5 Å². The highest BCUT2D eigenvalue weighted by Crippen LogP contribution is 2.28. The number of benzene rings is 1. The maximum Gasteiger partial charge on any atom is 0.193 e. The number of nitrogens with one attached hydrogen (secondary N) is 1. The number of fused-ring (bicyclic) bond motifs is 1. The van der Waals surface area contributed by atoms with E-state index >= 15 is 0 Å². The van der Waals surface area contributed by atoms with Gasteiger partial charge in [-0.1, -0.05) is 6.42 Å². The Morgan fingerprint density at radius 2 is 2.08 bits per heavy atom. The minimum Gasteiger partial charge on any atom is -0.497 e. The SMILES string of the molecule is COc1ccc(OC)c(NC(N)=NCc2nnc3n2CCCCC3)c1.I. The Bertz CT molecular complexity index is 762. The molecule has 1 aliphatic heterocycles. The zero-order chi connectivity index (χ0) is 17.6. The Kier molecular flexibility index (Phi) is 7.49.